The van der Waals surface area contributed by atoms with Crippen LogP contribution in [0.5, 0.6) is 5.75 Å². The van der Waals surface area contributed by atoms with Crippen molar-refractivity contribution >= 4 is 5.97 Å². The van der Waals surface area contributed by atoms with E-state index in [0.717, 1.165) is 0 Å². The summed E-state index contributed by atoms with van der Waals surface area (Å²) in [6.45, 7) is 5.48. The molecular formula is C17H19N3O4. The van der Waals surface area contributed by atoms with E-state index in [9.17, 15) is 10.0 Å². The minimum atomic E-state index is -1.26. The van der Waals surface area contributed by atoms with E-state index in [1.165, 1.54) is 6.92 Å². The molecule has 0 spiro atoms. The maximum atomic E-state index is 11.2. The van der Waals surface area contributed by atoms with Gasteiger partial charge in [0.2, 0.25) is 0 Å². The Morgan fingerprint density at radius 1 is 1.42 bits per heavy atom. The lowest BCUT2D eigenvalue weighted by molar-refractivity contribution is 0.0645. The van der Waals surface area contributed by atoms with E-state index in [4.69, 9.17) is 15.1 Å². The number of ether oxygens (including phenoxy) is 1. The molecule has 0 aliphatic heterocycles. The molecule has 1 aromatic heterocycles. The zero-order chi connectivity index (χ0) is 17.9. The molecule has 0 aliphatic rings. The minimum absolute atomic E-state index is 0.0973. The summed E-state index contributed by atoms with van der Waals surface area (Å²) in [6.07, 6.45) is 0.533. The highest BCUT2D eigenvalue weighted by Gasteiger charge is 2.23. The number of benzene rings is 1. The first-order chi connectivity index (χ1) is 11.3. The highest BCUT2D eigenvalue weighted by Crippen LogP contribution is 2.31. The first-order valence-electron chi connectivity index (χ1n) is 7.42. The SMILES string of the molecule is Cc1nc(-c2ccccc2OCCC(C)(C)C#N)n(O)c1C(=O)O. The second-order valence-electron chi connectivity index (χ2n) is 6.08. The van der Waals surface area contributed by atoms with Crippen LogP contribution in [0.3, 0.4) is 0 Å². The van der Waals surface area contributed by atoms with Gasteiger partial charge in [-0.3, -0.25) is 0 Å². The lowest BCUT2D eigenvalue weighted by Crippen LogP contribution is -2.13. The molecule has 7 nitrogen and oxygen atoms in total. The number of carboxylic acids is 1. The van der Waals surface area contributed by atoms with E-state index < -0.39 is 11.4 Å². The Morgan fingerprint density at radius 3 is 2.67 bits per heavy atom. The zero-order valence-corrected chi connectivity index (χ0v) is 13.8. The van der Waals surface area contributed by atoms with E-state index >= 15 is 0 Å². The van der Waals surface area contributed by atoms with E-state index in [-0.39, 0.29) is 17.2 Å². The summed E-state index contributed by atoms with van der Waals surface area (Å²) < 4.78 is 6.29. The molecule has 0 atom stereocenters. The normalized spacial score (nSPS) is 11.1. The number of rotatable bonds is 6. The number of nitriles is 1. The second kappa shape index (κ2) is 6.62. The van der Waals surface area contributed by atoms with Crippen molar-refractivity contribution < 1.29 is 19.8 Å². The van der Waals surface area contributed by atoms with Crippen LogP contribution in [0.1, 0.15) is 36.5 Å². The van der Waals surface area contributed by atoms with Crippen molar-refractivity contribution in [1.29, 1.82) is 5.26 Å². The first kappa shape index (κ1) is 17.3. The Kier molecular flexibility index (Phi) is 4.79. The Bertz CT molecular complexity index is 803. The number of nitrogens with zero attached hydrogens (tertiary/aromatic N) is 3. The van der Waals surface area contributed by atoms with Crippen molar-refractivity contribution in [2.45, 2.75) is 27.2 Å². The third kappa shape index (κ3) is 3.49. The fourth-order valence-electron chi connectivity index (χ4n) is 2.19. The number of aromatic carboxylic acids is 1. The van der Waals surface area contributed by atoms with Crippen LogP contribution in [0.2, 0.25) is 0 Å². The molecule has 2 aromatic rings. The van der Waals surface area contributed by atoms with Gasteiger partial charge < -0.3 is 15.1 Å². The van der Waals surface area contributed by atoms with E-state index in [2.05, 4.69) is 11.1 Å². The summed E-state index contributed by atoms with van der Waals surface area (Å²) in [5.41, 5.74) is -0.103. The highest BCUT2D eigenvalue weighted by atomic mass is 16.5. The Morgan fingerprint density at radius 2 is 2.08 bits per heavy atom. The van der Waals surface area contributed by atoms with Crippen LogP contribution in [-0.4, -0.2) is 32.6 Å². The first-order valence-corrected chi connectivity index (χ1v) is 7.42. The van der Waals surface area contributed by atoms with Crippen LogP contribution in [-0.2, 0) is 0 Å². The van der Waals surface area contributed by atoms with Crippen molar-refractivity contribution in [3.8, 4) is 23.2 Å². The Labute approximate surface area is 139 Å². The van der Waals surface area contributed by atoms with Crippen molar-refractivity contribution in [2.24, 2.45) is 5.41 Å². The van der Waals surface area contributed by atoms with Gasteiger partial charge in [0, 0.05) is 0 Å². The zero-order valence-electron chi connectivity index (χ0n) is 13.8. The summed E-state index contributed by atoms with van der Waals surface area (Å²) in [7, 11) is 0. The molecule has 0 radical (unpaired) electrons. The van der Waals surface area contributed by atoms with Gasteiger partial charge in [0.25, 0.3) is 0 Å². The largest absolute Gasteiger partial charge is 0.493 e. The number of hydrogen-bond donors (Lipinski definition) is 2. The summed E-state index contributed by atoms with van der Waals surface area (Å²) in [6, 6.07) is 9.11. The number of imidazole rings is 1. The molecule has 0 amide bonds. The van der Waals surface area contributed by atoms with E-state index in [1.807, 2.05) is 13.8 Å². The molecule has 0 saturated heterocycles. The number of carboxylic acid groups (broad SMARTS) is 1. The fraction of sp³-hybridized carbons (Fsp3) is 0.353. The van der Waals surface area contributed by atoms with Crippen LogP contribution in [0, 0.1) is 23.7 Å². The van der Waals surface area contributed by atoms with Gasteiger partial charge in [-0.25, -0.2) is 9.78 Å². The molecule has 1 heterocycles. The molecule has 0 bridgehead atoms. The van der Waals surface area contributed by atoms with Gasteiger partial charge in [-0.15, -0.1) is 0 Å². The van der Waals surface area contributed by atoms with Crippen LogP contribution in [0.25, 0.3) is 11.4 Å². The highest BCUT2D eigenvalue weighted by molar-refractivity contribution is 5.88. The number of para-hydroxylation sites is 1. The third-order valence-electron chi connectivity index (χ3n) is 3.65. The number of carbonyl (C=O) groups is 1. The van der Waals surface area contributed by atoms with E-state index in [1.54, 1.807) is 24.3 Å². The van der Waals surface area contributed by atoms with Gasteiger partial charge in [0.1, 0.15) is 5.75 Å². The molecular weight excluding hydrogens is 310 g/mol. The fourth-order valence-corrected chi connectivity index (χ4v) is 2.19. The molecule has 7 heteroatoms. The second-order valence-corrected chi connectivity index (χ2v) is 6.08. The molecule has 2 rings (SSSR count). The third-order valence-corrected chi connectivity index (χ3v) is 3.65. The van der Waals surface area contributed by atoms with Crippen molar-refractivity contribution in [3.05, 3.63) is 35.7 Å². The van der Waals surface area contributed by atoms with Crippen molar-refractivity contribution in [2.75, 3.05) is 6.61 Å². The van der Waals surface area contributed by atoms with Crippen LogP contribution >= 0.6 is 0 Å². The number of aryl methyl sites for hydroxylation is 1. The van der Waals surface area contributed by atoms with Crippen LogP contribution in [0.4, 0.5) is 0 Å². The maximum Gasteiger partial charge on any atom is 0.357 e. The number of aromatic nitrogens is 2. The van der Waals surface area contributed by atoms with Gasteiger partial charge in [0.05, 0.1) is 29.3 Å². The molecule has 2 N–H and O–H groups in total. The predicted octanol–water partition coefficient (Wildman–Crippen LogP) is 3.11. The maximum absolute atomic E-state index is 11.2. The van der Waals surface area contributed by atoms with Crippen molar-refractivity contribution in [3.63, 3.8) is 0 Å². The number of hydrogen-bond acceptors (Lipinski definition) is 5. The molecule has 1 aromatic carbocycles. The summed E-state index contributed by atoms with van der Waals surface area (Å²) in [5, 5.41) is 28.3. The molecule has 0 unspecified atom stereocenters. The smallest absolute Gasteiger partial charge is 0.357 e. The average molecular weight is 329 g/mol. The summed E-state index contributed by atoms with van der Waals surface area (Å²) in [5.74, 6) is -0.702. The van der Waals surface area contributed by atoms with E-state index in [0.29, 0.717) is 29.1 Å². The lowest BCUT2D eigenvalue weighted by atomic mass is 9.92. The Balaban J connectivity index is 2.32. The van der Waals surface area contributed by atoms with Crippen LogP contribution < -0.4 is 4.74 Å². The van der Waals surface area contributed by atoms with Gasteiger partial charge in [0.15, 0.2) is 11.5 Å². The van der Waals surface area contributed by atoms with Gasteiger partial charge >= 0.3 is 5.97 Å². The van der Waals surface area contributed by atoms with Gasteiger partial charge in [-0.1, -0.05) is 12.1 Å². The Hall–Kier alpha value is -3.01. The lowest BCUT2D eigenvalue weighted by Gasteiger charge is -2.16. The van der Waals surface area contributed by atoms with Gasteiger partial charge in [-0.2, -0.15) is 9.99 Å². The van der Waals surface area contributed by atoms with Gasteiger partial charge in [-0.05, 0) is 39.3 Å². The van der Waals surface area contributed by atoms with Crippen LogP contribution in [0.15, 0.2) is 24.3 Å². The molecule has 0 fully saturated rings. The molecule has 0 saturated carbocycles. The predicted molar refractivity (Wildman–Crippen MR) is 86.0 cm³/mol. The molecule has 0 aliphatic carbocycles. The molecule has 126 valence electrons. The summed E-state index contributed by atoms with van der Waals surface area (Å²) in [4.78, 5) is 15.3. The minimum Gasteiger partial charge on any atom is -0.493 e. The molecule has 24 heavy (non-hydrogen) atoms. The monoisotopic (exact) mass is 329 g/mol. The quantitative estimate of drug-likeness (QED) is 0.788. The summed E-state index contributed by atoms with van der Waals surface area (Å²) >= 11 is 0. The topological polar surface area (TPSA) is 108 Å². The van der Waals surface area contributed by atoms with Crippen molar-refractivity contribution in [1.82, 2.24) is 9.71 Å². The average Bonchev–Trinajstić information content (AvgIpc) is 2.82. The standard InChI is InChI=1S/C17H19N3O4/c1-11-14(16(21)22)20(23)15(19-11)12-6-4-5-7-13(12)24-9-8-17(2,3)10-18/h4-7,23H,8-9H2,1-3H3,(H,21,22).